The van der Waals surface area contributed by atoms with Crippen molar-refractivity contribution in [2.45, 2.75) is 108 Å². The lowest BCUT2D eigenvalue weighted by Crippen LogP contribution is -2.50. The Labute approximate surface area is 397 Å². The summed E-state index contributed by atoms with van der Waals surface area (Å²) >= 11 is 0. The molecule has 11 heteroatoms. The lowest BCUT2D eigenvalue weighted by Gasteiger charge is -2.45. The number of nitrogens with zero attached hydrogens (tertiary/aromatic N) is 2. The molecule has 1 saturated carbocycles. The molecule has 7 atom stereocenters. The van der Waals surface area contributed by atoms with Gasteiger partial charge in [0.25, 0.3) is 0 Å². The number of pyridine rings is 1. The number of anilines is 2. The molecule has 0 saturated heterocycles. The number of allylic oxidation sites excluding steroid dienone is 1. The van der Waals surface area contributed by atoms with E-state index in [4.69, 9.17) is 19.4 Å². The molecule has 0 unspecified atom stereocenters. The molecule has 1 fully saturated rings. The zero-order chi connectivity index (χ0) is 46.9. The van der Waals surface area contributed by atoms with E-state index in [2.05, 4.69) is 30.5 Å². The van der Waals surface area contributed by atoms with Crippen LogP contribution in [0.3, 0.4) is 0 Å². The van der Waals surface area contributed by atoms with Gasteiger partial charge in [0.1, 0.15) is 17.4 Å². The summed E-state index contributed by atoms with van der Waals surface area (Å²) in [7, 11) is 0. The highest BCUT2D eigenvalue weighted by molar-refractivity contribution is 5.92. The van der Waals surface area contributed by atoms with Gasteiger partial charge in [-0.15, -0.1) is 0 Å². The number of nitrogens with one attached hydrogen (secondary N) is 1. The highest BCUT2D eigenvalue weighted by atomic mass is 16.5. The Hall–Kier alpha value is -6.46. The van der Waals surface area contributed by atoms with Gasteiger partial charge in [0.05, 0.1) is 25.2 Å². The molecular formula is C57H62N3O8-. The van der Waals surface area contributed by atoms with E-state index < -0.39 is 23.4 Å². The van der Waals surface area contributed by atoms with Crippen LogP contribution in [0.15, 0.2) is 103 Å². The average molecular weight is 917 g/mol. The molecule has 10 rings (SSSR count). The van der Waals surface area contributed by atoms with Crippen molar-refractivity contribution in [3.63, 3.8) is 0 Å². The van der Waals surface area contributed by atoms with Gasteiger partial charge in [-0.1, -0.05) is 55.8 Å². The normalized spacial score (nSPS) is 24.2. The van der Waals surface area contributed by atoms with Gasteiger partial charge in [0.2, 0.25) is 5.75 Å². The number of aliphatic hydroxyl groups is 1. The van der Waals surface area contributed by atoms with Crippen molar-refractivity contribution in [2.75, 3.05) is 18.5 Å². The Balaban J connectivity index is 1.10. The molecule has 354 valence electrons. The lowest BCUT2D eigenvalue weighted by atomic mass is 9.58. The van der Waals surface area contributed by atoms with Crippen LogP contribution < -0.4 is 19.8 Å². The summed E-state index contributed by atoms with van der Waals surface area (Å²) < 4.78 is 12.3. The van der Waals surface area contributed by atoms with E-state index in [0.29, 0.717) is 74.8 Å². The quantitative estimate of drug-likeness (QED) is 0.0570. The van der Waals surface area contributed by atoms with Crippen LogP contribution in [0.5, 0.6) is 34.5 Å². The lowest BCUT2D eigenvalue weighted by molar-refractivity contribution is -0.132. The number of aryl methyl sites for hydroxylation is 2. The number of aliphatic hydroxyl groups excluding tert-OH is 1. The summed E-state index contributed by atoms with van der Waals surface area (Å²) in [6.45, 7) is 3.08. The number of carbonyl (C=O) groups excluding carboxylic acids is 1. The highest BCUT2D eigenvalue weighted by Crippen LogP contribution is 2.55. The van der Waals surface area contributed by atoms with Crippen molar-refractivity contribution in [1.82, 2.24) is 9.97 Å². The van der Waals surface area contributed by atoms with Gasteiger partial charge >= 0.3 is 0 Å². The van der Waals surface area contributed by atoms with Crippen molar-refractivity contribution in [2.24, 2.45) is 23.7 Å². The molecule has 1 spiro atoms. The van der Waals surface area contributed by atoms with Gasteiger partial charge in [-0.2, -0.15) is 11.9 Å². The molecule has 2 bridgehead atoms. The second-order valence-electron chi connectivity index (χ2n) is 20.0. The van der Waals surface area contributed by atoms with Crippen molar-refractivity contribution < 1.29 is 39.8 Å². The van der Waals surface area contributed by atoms with Gasteiger partial charge in [-0.3, -0.25) is 4.79 Å². The zero-order valence-electron chi connectivity index (χ0n) is 38.7. The highest BCUT2D eigenvalue weighted by Gasteiger charge is 2.54. The molecule has 2 aliphatic heterocycles. The first-order chi connectivity index (χ1) is 33.0. The first-order valence-electron chi connectivity index (χ1n) is 24.6. The molecular weight excluding hydrogens is 855 g/mol. The third-order valence-corrected chi connectivity index (χ3v) is 15.6. The van der Waals surface area contributed by atoms with Crippen molar-refractivity contribution >= 4 is 28.1 Å². The van der Waals surface area contributed by atoms with Crippen LogP contribution in [-0.4, -0.2) is 55.6 Å². The van der Waals surface area contributed by atoms with E-state index >= 15 is 4.79 Å². The first-order valence-corrected chi connectivity index (χ1v) is 24.6. The van der Waals surface area contributed by atoms with E-state index in [1.807, 2.05) is 42.5 Å². The predicted molar refractivity (Wildman–Crippen MR) is 262 cm³/mol. The van der Waals surface area contributed by atoms with Crippen LogP contribution >= 0.6 is 0 Å². The van der Waals surface area contributed by atoms with Crippen molar-refractivity contribution in [3.8, 4) is 34.5 Å². The summed E-state index contributed by atoms with van der Waals surface area (Å²) in [5.41, 5.74) is 5.49. The predicted octanol–water partition coefficient (Wildman–Crippen LogP) is 10.6. The Morgan fingerprint density at radius 1 is 0.956 bits per heavy atom. The fourth-order valence-electron chi connectivity index (χ4n) is 12.4. The average Bonchev–Trinajstić information content (AvgIpc) is 4.02. The number of phenols is 4. The number of hydrogen-bond acceptors (Lipinski definition) is 10. The SMILES string of the molecule is C[C@@H]1CC=C[C@@H](COc2cc([C@@H]3CCc4c(ccc5cc(O)ccc45)Nc4cc(ccn4)[C@]4(CCC[C@@H]4Cc4ccc[n-]4)[C@H]([C@H](O)CCc4ccc(O)c5c4CCCO5)C(=O)C3)cc(O)c2O)C1. The van der Waals surface area contributed by atoms with Gasteiger partial charge in [-0.25, -0.2) is 4.98 Å². The number of Topliss-reactive ketones (excluding diaryl/α,β-unsaturated/α-hetero) is 1. The summed E-state index contributed by atoms with van der Waals surface area (Å²) in [5, 5.41) is 62.4. The fraction of sp³-hybridized carbons (Fsp3) is 0.404. The maximum absolute atomic E-state index is 16.1. The summed E-state index contributed by atoms with van der Waals surface area (Å²) in [6.07, 6.45) is 15.2. The molecule has 2 aromatic heterocycles. The number of carbonyl (C=O) groups is 1. The monoisotopic (exact) mass is 916 g/mol. The Kier molecular flexibility index (Phi) is 12.8. The number of aromatic hydroxyl groups is 4. The summed E-state index contributed by atoms with van der Waals surface area (Å²) in [4.78, 5) is 25.7. The number of fused-ring (bicyclic) bond motifs is 7. The van der Waals surface area contributed by atoms with E-state index in [9.17, 15) is 25.5 Å². The third-order valence-electron chi connectivity index (χ3n) is 15.6. The number of rotatable bonds is 10. The molecule has 6 N–H and O–H groups in total. The van der Waals surface area contributed by atoms with Crippen LogP contribution in [0.1, 0.15) is 104 Å². The first kappa shape index (κ1) is 45.3. The number of phenolic OH excluding ortho intramolecular Hbond substituents is 4. The Morgan fingerprint density at radius 2 is 1.85 bits per heavy atom. The van der Waals surface area contributed by atoms with Crippen LogP contribution in [0.4, 0.5) is 11.5 Å². The van der Waals surface area contributed by atoms with Gasteiger partial charge in [-0.05, 0) is 170 Å². The van der Waals surface area contributed by atoms with Gasteiger partial charge < -0.3 is 45.3 Å². The molecule has 2 aliphatic carbocycles. The molecule has 68 heavy (non-hydrogen) atoms. The van der Waals surface area contributed by atoms with E-state index in [-0.39, 0.29) is 52.8 Å². The summed E-state index contributed by atoms with van der Waals surface area (Å²) in [6, 6.07) is 24.3. The third kappa shape index (κ3) is 9.00. The van der Waals surface area contributed by atoms with Crippen molar-refractivity contribution in [1.29, 1.82) is 0 Å². The van der Waals surface area contributed by atoms with Crippen LogP contribution in [0, 0.1) is 23.7 Å². The molecule has 4 aromatic carbocycles. The van der Waals surface area contributed by atoms with Crippen molar-refractivity contribution in [3.05, 3.63) is 137 Å². The number of hydrogen-bond donors (Lipinski definition) is 6. The van der Waals surface area contributed by atoms with E-state index in [0.717, 1.165) is 82.9 Å². The minimum atomic E-state index is -1.06. The summed E-state index contributed by atoms with van der Waals surface area (Å²) in [5.74, 6) is 0.123. The molecule has 11 nitrogen and oxygen atoms in total. The molecule has 0 amide bonds. The number of benzene rings is 4. The minimum Gasteiger partial charge on any atom is -0.668 e. The second-order valence-corrected chi connectivity index (χ2v) is 20.0. The van der Waals surface area contributed by atoms with Gasteiger partial charge in [0, 0.05) is 35.2 Å². The zero-order valence-corrected chi connectivity index (χ0v) is 38.7. The van der Waals surface area contributed by atoms with E-state index in [1.54, 1.807) is 42.7 Å². The van der Waals surface area contributed by atoms with Crippen LogP contribution in [0.2, 0.25) is 0 Å². The Morgan fingerprint density at radius 3 is 2.71 bits per heavy atom. The Bertz CT molecular complexity index is 2820. The number of ether oxygens (including phenoxy) is 2. The van der Waals surface area contributed by atoms with Crippen LogP contribution in [0.25, 0.3) is 10.8 Å². The minimum absolute atomic E-state index is 0.0477. The number of aromatic nitrogens is 2. The molecule has 6 aromatic rings. The molecule has 4 aliphatic rings. The smallest absolute Gasteiger partial charge is 0.200 e. The van der Waals surface area contributed by atoms with Crippen LogP contribution in [-0.2, 0) is 35.9 Å². The number of ketones is 1. The topological polar surface area (TPSA) is 176 Å². The van der Waals surface area contributed by atoms with Gasteiger partial charge in [0.15, 0.2) is 23.0 Å². The maximum Gasteiger partial charge on any atom is 0.200 e. The maximum atomic E-state index is 16.1. The largest absolute Gasteiger partial charge is 0.668 e. The van der Waals surface area contributed by atoms with E-state index in [1.165, 1.54) is 0 Å². The standard InChI is InChI=1S/C57H62N3O8/c1-34-6-2-7-35(26-34)33-68-52-30-39(29-51(65)55(52)66)37-11-16-46-44-17-15-43(61)27-38(44)12-18-47(46)60-53-32-41(21-24-59-53)57(22-3-8-40(57)31-42-9-4-23-58-42)54(50(64)28-37)48(62)19-13-36-14-20-49(63)56-45(36)10-5-25-67-56/h2,4,7,9,12,14-15,17-18,20-21,23-24,27,29-30,32,34-35,37,40,48,54,61-63,65-66H,3,5-6,8,10-11,13,16,19,22,25-26,28,31,33H2,1H3,(H,59,60)/q-1/t34-,35-,37-,40-,48-,54-,57-/m1/s1. The second kappa shape index (κ2) is 19.3. The molecule has 0 radical (unpaired) electrons. The fourth-order valence-corrected chi connectivity index (χ4v) is 12.4. The molecule has 4 heterocycles.